The first kappa shape index (κ1) is 8.14. The maximum Gasteiger partial charge on any atom is 0.168 e. The van der Waals surface area contributed by atoms with Gasteiger partial charge in [-0.25, -0.2) is 0 Å². The smallest absolute Gasteiger partial charge is 0.168 e. The van der Waals surface area contributed by atoms with Crippen molar-refractivity contribution < 1.29 is 4.12 Å². The topological polar surface area (TPSA) is 9.23 Å². The van der Waals surface area contributed by atoms with Crippen LogP contribution in [0.1, 0.15) is 0 Å². The molecule has 7 radical (unpaired) electrons. The lowest BCUT2D eigenvalue weighted by Gasteiger charge is -2.25. The van der Waals surface area contributed by atoms with Gasteiger partial charge in [-0.15, -0.1) is 0 Å². The average molecular weight is 202 g/mol. The minimum Gasteiger partial charge on any atom is -0.461 e. The number of hydrogen-bond acceptors (Lipinski definition) is 1. The van der Waals surface area contributed by atoms with Gasteiger partial charge in [0.15, 0.2) is 17.1 Å². The van der Waals surface area contributed by atoms with Gasteiger partial charge in [0.1, 0.15) is 0 Å². The Hall–Kier alpha value is 1.04. The Balaban J connectivity index is 2.34. The molecule has 0 N–H and O–H groups in total. The van der Waals surface area contributed by atoms with E-state index in [0.717, 1.165) is 0 Å². The largest absolute Gasteiger partial charge is 0.461 e. The summed E-state index contributed by atoms with van der Waals surface area (Å²) in [6.07, 6.45) is 0. The normalized spacial score (nSPS) is 27.0. The maximum atomic E-state index is 5.81. The van der Waals surface area contributed by atoms with Crippen molar-refractivity contribution in [3.05, 3.63) is 0 Å². The van der Waals surface area contributed by atoms with Crippen molar-refractivity contribution in [2.75, 3.05) is 0 Å². The van der Waals surface area contributed by atoms with Crippen molar-refractivity contribution in [1.29, 1.82) is 0 Å². The van der Waals surface area contributed by atoms with Gasteiger partial charge in [0.2, 0.25) is 0 Å². The monoisotopic (exact) mass is 201 g/mol. The lowest BCUT2D eigenvalue weighted by atomic mass is 11.9. The first-order valence-corrected chi connectivity index (χ1v) is 14.7. The Morgan fingerprint density at radius 1 is 1.00 bits per heavy atom. The van der Waals surface area contributed by atoms with Crippen molar-refractivity contribution >= 4 is 42.1 Å². The quantitative estimate of drug-likeness (QED) is 0.493. The van der Waals surface area contributed by atoms with Crippen LogP contribution in [-0.4, -0.2) is 42.1 Å². The molecule has 0 spiro atoms. The van der Waals surface area contributed by atoms with E-state index in [4.69, 9.17) is 4.12 Å². The lowest BCUT2D eigenvalue weighted by Crippen LogP contribution is -2.53. The van der Waals surface area contributed by atoms with Crippen molar-refractivity contribution in [2.45, 2.75) is 19.6 Å². The van der Waals surface area contributed by atoms with E-state index in [9.17, 15) is 0 Å². The Kier molecular flexibility index (Phi) is 3.11. The van der Waals surface area contributed by atoms with Gasteiger partial charge < -0.3 is 4.12 Å². The summed E-state index contributed by atoms with van der Waals surface area (Å²) in [4.78, 5) is 0. The molecule has 0 atom stereocenters. The Labute approximate surface area is 66.1 Å². The van der Waals surface area contributed by atoms with E-state index >= 15 is 0 Å². The van der Waals surface area contributed by atoms with Gasteiger partial charge in [-0.05, 0) is 0 Å². The van der Waals surface area contributed by atoms with Crippen LogP contribution in [0.2, 0.25) is 19.6 Å². The molecule has 0 saturated carbocycles. The van der Waals surface area contributed by atoms with E-state index in [1.165, 1.54) is 17.1 Å². The minimum absolute atomic E-state index is 0.131. The molecule has 0 aromatic rings. The van der Waals surface area contributed by atoms with Gasteiger partial charge in [0.25, 0.3) is 0 Å². The lowest BCUT2D eigenvalue weighted by molar-refractivity contribution is 0.633. The van der Waals surface area contributed by atoms with Crippen LogP contribution in [0.3, 0.4) is 0 Å². The summed E-state index contributed by atoms with van der Waals surface area (Å²) < 4.78 is 5.81. The summed E-state index contributed by atoms with van der Waals surface area (Å²) in [5.74, 6) is 0. The molecule has 1 heterocycles. The fourth-order valence-electron chi connectivity index (χ4n) is 0.840. The van der Waals surface area contributed by atoms with Gasteiger partial charge in [-0.1, -0.05) is 19.6 Å². The van der Waals surface area contributed by atoms with Gasteiger partial charge in [-0.3, -0.25) is 0 Å². The van der Waals surface area contributed by atoms with Gasteiger partial charge >= 0.3 is 0 Å². The molecule has 0 aromatic carbocycles. The minimum atomic E-state index is -0.265. The summed E-state index contributed by atoms with van der Waals surface area (Å²) in [5, 5.41) is 0. The molecule has 47 valence electrons. The highest BCUT2D eigenvalue weighted by atomic mass is 29.9. The van der Waals surface area contributed by atoms with Crippen LogP contribution in [0.25, 0.3) is 0 Å². The van der Waals surface area contributed by atoms with Crippen molar-refractivity contribution in [1.82, 2.24) is 0 Å². The SMILES string of the molecule is C[Si]1O[Si](C)[Si][Si](C)[Si]1. The molecular formula is C3H9OSi5. The second-order valence-corrected chi connectivity index (χ2v) is 23.1. The van der Waals surface area contributed by atoms with E-state index in [2.05, 4.69) is 19.6 Å². The van der Waals surface area contributed by atoms with Crippen LogP contribution in [-0.2, 0) is 4.12 Å². The molecule has 1 saturated heterocycles. The molecule has 1 rings (SSSR count). The van der Waals surface area contributed by atoms with Crippen LogP contribution < -0.4 is 0 Å². The molecule has 1 aliphatic rings. The molecule has 9 heavy (non-hydrogen) atoms. The highest BCUT2D eigenvalue weighted by Crippen LogP contribution is 1.98. The predicted octanol–water partition coefficient (Wildman–Crippen LogP) is -0.221. The van der Waals surface area contributed by atoms with Gasteiger partial charge in [-0.2, -0.15) is 0 Å². The number of rotatable bonds is 0. The van der Waals surface area contributed by atoms with Crippen LogP contribution >= 0.6 is 0 Å². The standard InChI is InChI=1S/C3H9OSi5/c1-7-4-8(2)6-9(3)5-7/h1-3H3. The molecule has 0 amide bonds. The molecule has 1 aliphatic heterocycles. The molecule has 0 bridgehead atoms. The first-order valence-electron chi connectivity index (χ1n) is 2.91. The summed E-state index contributed by atoms with van der Waals surface area (Å²) in [7, 11) is 2.11. The third kappa shape index (κ3) is 2.64. The summed E-state index contributed by atoms with van der Waals surface area (Å²) in [5.41, 5.74) is 0. The van der Waals surface area contributed by atoms with Crippen molar-refractivity contribution in [3.63, 3.8) is 0 Å². The Bertz CT molecular complexity index is 73.2. The van der Waals surface area contributed by atoms with Gasteiger partial charge in [0.05, 0.1) is 0 Å². The second kappa shape index (κ2) is 3.44. The first-order chi connectivity index (χ1) is 4.18. The zero-order valence-electron chi connectivity index (χ0n) is 5.91. The fraction of sp³-hybridized carbons (Fsp3) is 1.00. The zero-order valence-corrected chi connectivity index (χ0v) is 10.9. The summed E-state index contributed by atoms with van der Waals surface area (Å²) in [6, 6.07) is 0. The molecule has 0 aliphatic carbocycles. The predicted molar refractivity (Wildman–Crippen MR) is 47.4 cm³/mol. The maximum absolute atomic E-state index is 5.81. The Morgan fingerprint density at radius 2 is 1.44 bits per heavy atom. The van der Waals surface area contributed by atoms with Crippen LogP contribution in [0, 0.1) is 0 Å². The van der Waals surface area contributed by atoms with Crippen molar-refractivity contribution in [2.24, 2.45) is 0 Å². The highest BCUT2D eigenvalue weighted by Gasteiger charge is 2.26. The molecular weight excluding hydrogens is 192 g/mol. The van der Waals surface area contributed by atoms with Crippen LogP contribution in [0.15, 0.2) is 0 Å². The summed E-state index contributed by atoms with van der Waals surface area (Å²) in [6.45, 7) is 7.14. The fourth-order valence-corrected chi connectivity index (χ4v) is 41.2. The molecule has 0 aromatic heterocycles. The van der Waals surface area contributed by atoms with E-state index in [1.54, 1.807) is 0 Å². The molecule has 1 nitrogen and oxygen atoms in total. The van der Waals surface area contributed by atoms with E-state index in [1.807, 2.05) is 0 Å². The van der Waals surface area contributed by atoms with E-state index < -0.39 is 0 Å². The van der Waals surface area contributed by atoms with Crippen molar-refractivity contribution in [3.8, 4) is 0 Å². The second-order valence-electron chi connectivity index (χ2n) is 2.09. The van der Waals surface area contributed by atoms with E-state index in [-0.39, 0.29) is 24.9 Å². The zero-order chi connectivity index (χ0) is 6.85. The molecule has 1 fully saturated rings. The van der Waals surface area contributed by atoms with Crippen LogP contribution in [0.5, 0.6) is 0 Å². The highest BCUT2D eigenvalue weighted by molar-refractivity contribution is 7.66. The third-order valence-electron chi connectivity index (χ3n) is 1.03. The average Bonchev–Trinajstić information content (AvgIpc) is 1.59. The Morgan fingerprint density at radius 3 is 1.78 bits per heavy atom. The molecule has 0 unspecified atom stereocenters. The van der Waals surface area contributed by atoms with Crippen LogP contribution in [0.4, 0.5) is 0 Å². The third-order valence-corrected chi connectivity index (χ3v) is 31.0. The number of hydrogen-bond donors (Lipinski definition) is 0. The molecule has 6 heteroatoms. The summed E-state index contributed by atoms with van der Waals surface area (Å²) >= 11 is 0. The van der Waals surface area contributed by atoms with E-state index in [0.29, 0.717) is 0 Å². The van der Waals surface area contributed by atoms with Gasteiger partial charge in [0, 0.05) is 24.9 Å².